The van der Waals surface area contributed by atoms with Crippen LogP contribution in [0.1, 0.15) is 61.6 Å². The molecular weight excluding hydrogens is 450 g/mol. The lowest BCUT2D eigenvalue weighted by molar-refractivity contribution is -0.132. The first-order valence-corrected chi connectivity index (χ1v) is 12.3. The zero-order valence-electron chi connectivity index (χ0n) is 21.8. The summed E-state index contributed by atoms with van der Waals surface area (Å²) in [6.07, 6.45) is 0. The van der Waals surface area contributed by atoms with E-state index in [0.717, 1.165) is 28.0 Å². The Morgan fingerprint density at radius 3 is 2.19 bits per heavy atom. The first-order chi connectivity index (χ1) is 17.1. The summed E-state index contributed by atoms with van der Waals surface area (Å²) in [5, 5.41) is 11.6. The fourth-order valence-corrected chi connectivity index (χ4v) is 4.80. The third-order valence-corrected chi connectivity index (χ3v) is 6.66. The van der Waals surface area contributed by atoms with E-state index in [9.17, 15) is 14.7 Å². The molecule has 5 nitrogen and oxygen atoms in total. The molecule has 3 aromatic rings. The molecule has 0 aromatic heterocycles. The molecule has 0 spiro atoms. The van der Waals surface area contributed by atoms with Crippen molar-refractivity contribution in [2.24, 2.45) is 0 Å². The molecule has 1 saturated heterocycles. The lowest BCUT2D eigenvalue weighted by Gasteiger charge is -2.28. The summed E-state index contributed by atoms with van der Waals surface area (Å²) in [6, 6.07) is 19.8. The second kappa shape index (κ2) is 9.65. The van der Waals surface area contributed by atoms with Gasteiger partial charge in [-0.25, -0.2) is 0 Å². The third kappa shape index (κ3) is 4.41. The maximum absolute atomic E-state index is 13.5. The molecule has 1 heterocycles. The highest BCUT2D eigenvalue weighted by atomic mass is 16.5. The van der Waals surface area contributed by atoms with Crippen LogP contribution in [0, 0.1) is 13.8 Å². The molecule has 186 valence electrons. The van der Waals surface area contributed by atoms with Crippen LogP contribution in [-0.4, -0.2) is 23.4 Å². The van der Waals surface area contributed by atoms with Gasteiger partial charge < -0.3 is 9.84 Å². The number of ether oxygens (including phenoxy) is 1. The van der Waals surface area contributed by atoms with Gasteiger partial charge in [0.15, 0.2) is 0 Å². The number of nitrogens with zero attached hydrogens (tertiary/aromatic N) is 1. The van der Waals surface area contributed by atoms with Gasteiger partial charge in [-0.2, -0.15) is 0 Å². The summed E-state index contributed by atoms with van der Waals surface area (Å²) in [6.45, 7) is 12.5. The first kappa shape index (κ1) is 25.2. The van der Waals surface area contributed by atoms with Crippen molar-refractivity contribution in [2.45, 2.75) is 53.0 Å². The van der Waals surface area contributed by atoms with E-state index in [1.165, 1.54) is 4.90 Å². The Bertz CT molecular complexity index is 1360. The molecule has 5 heteroatoms. The number of Topliss-reactive ketones (excluding diaryl/α,β-unsaturated/α-hetero) is 1. The number of para-hydroxylation sites is 1. The number of ketones is 1. The summed E-state index contributed by atoms with van der Waals surface area (Å²) in [4.78, 5) is 28.5. The fraction of sp³-hybridized carbons (Fsp3) is 0.290. The lowest BCUT2D eigenvalue weighted by atomic mass is 9.84. The van der Waals surface area contributed by atoms with Gasteiger partial charge in [0.25, 0.3) is 11.7 Å². The molecule has 1 fully saturated rings. The maximum atomic E-state index is 13.5. The van der Waals surface area contributed by atoms with Gasteiger partial charge in [-0.3, -0.25) is 14.5 Å². The molecule has 1 unspecified atom stereocenters. The van der Waals surface area contributed by atoms with Crippen molar-refractivity contribution in [3.63, 3.8) is 0 Å². The minimum absolute atomic E-state index is 0.0848. The molecule has 1 atom stereocenters. The molecule has 4 rings (SSSR count). The van der Waals surface area contributed by atoms with Gasteiger partial charge in [-0.05, 0) is 67.1 Å². The van der Waals surface area contributed by atoms with Crippen LogP contribution < -0.4 is 9.64 Å². The average molecular weight is 484 g/mol. The topological polar surface area (TPSA) is 66.8 Å². The molecule has 36 heavy (non-hydrogen) atoms. The number of hydrogen-bond acceptors (Lipinski definition) is 4. The SMILES string of the molecule is CCOc1ccc(/C(O)=C2\C(=O)C(=O)N(c3ccccc3C)C2c2ccccc2C)cc1C(C)(C)C. The van der Waals surface area contributed by atoms with Gasteiger partial charge in [0.2, 0.25) is 0 Å². The fourth-order valence-electron chi connectivity index (χ4n) is 4.80. The molecule has 1 N–H and O–H groups in total. The number of rotatable bonds is 5. The van der Waals surface area contributed by atoms with Crippen molar-refractivity contribution >= 4 is 23.1 Å². The highest BCUT2D eigenvalue weighted by molar-refractivity contribution is 6.51. The smallest absolute Gasteiger partial charge is 0.300 e. The van der Waals surface area contributed by atoms with E-state index >= 15 is 0 Å². The van der Waals surface area contributed by atoms with Gasteiger partial charge in [0, 0.05) is 16.8 Å². The maximum Gasteiger partial charge on any atom is 0.300 e. The number of hydrogen-bond donors (Lipinski definition) is 1. The monoisotopic (exact) mass is 483 g/mol. The summed E-state index contributed by atoms with van der Waals surface area (Å²) >= 11 is 0. The van der Waals surface area contributed by atoms with Crippen LogP contribution in [0.3, 0.4) is 0 Å². The molecule has 1 aliphatic rings. The Hall–Kier alpha value is -3.86. The van der Waals surface area contributed by atoms with E-state index in [1.54, 1.807) is 6.07 Å². The zero-order chi connectivity index (χ0) is 26.2. The highest BCUT2D eigenvalue weighted by Crippen LogP contribution is 2.44. The van der Waals surface area contributed by atoms with Crippen molar-refractivity contribution in [1.82, 2.24) is 0 Å². The minimum atomic E-state index is -0.753. The predicted octanol–water partition coefficient (Wildman–Crippen LogP) is 6.63. The van der Waals surface area contributed by atoms with Crippen LogP contribution in [0.5, 0.6) is 5.75 Å². The number of aliphatic hydroxyl groups excluding tert-OH is 1. The largest absolute Gasteiger partial charge is 0.507 e. The minimum Gasteiger partial charge on any atom is -0.507 e. The molecule has 0 saturated carbocycles. The second-order valence-electron chi connectivity index (χ2n) is 10.2. The zero-order valence-corrected chi connectivity index (χ0v) is 21.8. The molecular formula is C31H33NO4. The van der Waals surface area contributed by atoms with Gasteiger partial charge in [-0.1, -0.05) is 63.2 Å². The average Bonchev–Trinajstić information content (AvgIpc) is 3.09. The van der Waals surface area contributed by atoms with Crippen molar-refractivity contribution in [1.29, 1.82) is 0 Å². The van der Waals surface area contributed by atoms with Crippen molar-refractivity contribution in [3.05, 3.63) is 100 Å². The van der Waals surface area contributed by atoms with Gasteiger partial charge in [0.1, 0.15) is 11.5 Å². The Kier molecular flexibility index (Phi) is 6.77. The number of aryl methyl sites for hydroxylation is 2. The highest BCUT2D eigenvalue weighted by Gasteiger charge is 2.47. The molecule has 1 amide bonds. The Balaban J connectivity index is 1.98. The van der Waals surface area contributed by atoms with Crippen LogP contribution in [0.2, 0.25) is 0 Å². The summed E-state index contributed by atoms with van der Waals surface area (Å²) in [5.41, 5.74) is 4.45. The molecule has 0 aliphatic carbocycles. The standard InChI is InChI=1S/C31H33NO4/c1-7-36-25-17-16-21(18-23(25)31(4,5)6)28(33)26-27(22-14-10-8-12-19(22)2)32(30(35)29(26)34)24-15-11-9-13-20(24)3/h8-18,27,33H,7H2,1-6H3/b28-26+. The Morgan fingerprint density at radius 2 is 1.58 bits per heavy atom. The van der Waals surface area contributed by atoms with E-state index < -0.39 is 17.7 Å². The van der Waals surface area contributed by atoms with E-state index in [4.69, 9.17) is 4.74 Å². The molecule has 0 radical (unpaired) electrons. The van der Waals surface area contributed by atoms with E-state index in [2.05, 4.69) is 20.8 Å². The lowest BCUT2D eigenvalue weighted by Crippen LogP contribution is -2.30. The predicted molar refractivity (Wildman–Crippen MR) is 143 cm³/mol. The quantitative estimate of drug-likeness (QED) is 0.251. The van der Waals surface area contributed by atoms with Gasteiger partial charge >= 0.3 is 0 Å². The van der Waals surface area contributed by atoms with Gasteiger partial charge in [-0.15, -0.1) is 0 Å². The van der Waals surface area contributed by atoms with Crippen molar-refractivity contribution in [2.75, 3.05) is 11.5 Å². The summed E-state index contributed by atoms with van der Waals surface area (Å²) in [5.74, 6) is -0.806. The van der Waals surface area contributed by atoms with Crippen LogP contribution in [0.25, 0.3) is 5.76 Å². The normalized spacial score (nSPS) is 17.5. The number of anilines is 1. The summed E-state index contributed by atoms with van der Waals surface area (Å²) in [7, 11) is 0. The van der Waals surface area contributed by atoms with Crippen molar-refractivity contribution in [3.8, 4) is 5.75 Å². The Morgan fingerprint density at radius 1 is 0.944 bits per heavy atom. The molecule has 0 bridgehead atoms. The molecule has 3 aromatic carbocycles. The number of aliphatic hydroxyl groups is 1. The van der Waals surface area contributed by atoms with Crippen LogP contribution >= 0.6 is 0 Å². The van der Waals surface area contributed by atoms with E-state index in [0.29, 0.717) is 17.9 Å². The van der Waals surface area contributed by atoms with E-state index in [1.807, 2.05) is 81.4 Å². The Labute approximate surface area is 213 Å². The summed E-state index contributed by atoms with van der Waals surface area (Å²) < 4.78 is 5.83. The van der Waals surface area contributed by atoms with Crippen LogP contribution in [-0.2, 0) is 15.0 Å². The molecule has 1 aliphatic heterocycles. The van der Waals surface area contributed by atoms with Crippen LogP contribution in [0.15, 0.2) is 72.3 Å². The number of carbonyl (C=O) groups excluding carboxylic acids is 2. The first-order valence-electron chi connectivity index (χ1n) is 12.3. The second-order valence-corrected chi connectivity index (χ2v) is 10.2. The van der Waals surface area contributed by atoms with Gasteiger partial charge in [0.05, 0.1) is 18.2 Å². The third-order valence-electron chi connectivity index (χ3n) is 6.66. The van der Waals surface area contributed by atoms with Crippen LogP contribution in [0.4, 0.5) is 5.69 Å². The number of carbonyl (C=O) groups is 2. The van der Waals surface area contributed by atoms with Crippen molar-refractivity contribution < 1.29 is 19.4 Å². The number of amides is 1. The number of benzene rings is 3. The van der Waals surface area contributed by atoms with E-state index in [-0.39, 0.29) is 16.7 Å².